The maximum Gasteiger partial charge on any atom is 0.139 e. The molecule has 3 rings (SSSR count). The Morgan fingerprint density at radius 2 is 2.04 bits per heavy atom. The van der Waals surface area contributed by atoms with Crippen molar-refractivity contribution in [2.24, 2.45) is 0 Å². The SMILES string of the molecule is C=CCC(O)N1c2ccc(-c3c(O)cccc3OCI)cc2C(C)=CC1(C)C. The Morgan fingerprint density at radius 1 is 1.29 bits per heavy atom. The zero-order valence-corrected chi connectivity index (χ0v) is 18.6. The molecule has 0 amide bonds. The van der Waals surface area contributed by atoms with Crippen LogP contribution in [-0.4, -0.2) is 26.6 Å². The van der Waals surface area contributed by atoms with Crippen molar-refractivity contribution in [3.8, 4) is 22.6 Å². The lowest BCUT2D eigenvalue weighted by atomic mass is 9.86. The Balaban J connectivity index is 2.16. The minimum absolute atomic E-state index is 0.184. The standard InChI is InChI=1S/C23H26INO3/c1-5-7-21(27)25-18-11-10-16(12-17(18)15(2)13-23(25,3)4)22-19(26)8-6-9-20(22)28-14-24/h5-6,8-13,21,26-27H,1,7,14H2,2-4H3. The zero-order chi connectivity index (χ0) is 20.5. The molecular formula is C23H26INO3. The first-order chi connectivity index (χ1) is 13.3. The molecular weight excluding hydrogens is 465 g/mol. The third kappa shape index (κ3) is 3.78. The molecule has 2 aromatic carbocycles. The molecule has 0 bridgehead atoms. The molecule has 0 spiro atoms. The Labute approximate surface area is 180 Å². The second-order valence-electron chi connectivity index (χ2n) is 7.49. The molecule has 1 unspecified atom stereocenters. The summed E-state index contributed by atoms with van der Waals surface area (Å²) in [4.78, 5) is 2.02. The van der Waals surface area contributed by atoms with Gasteiger partial charge in [-0.05, 0) is 78.8 Å². The van der Waals surface area contributed by atoms with E-state index in [4.69, 9.17) is 4.74 Å². The summed E-state index contributed by atoms with van der Waals surface area (Å²) in [5, 5.41) is 21.2. The number of halogens is 1. The Kier molecular flexibility index (Phi) is 6.05. The number of hydrogen-bond acceptors (Lipinski definition) is 4. The van der Waals surface area contributed by atoms with Crippen LogP contribution in [0.3, 0.4) is 0 Å². The zero-order valence-electron chi connectivity index (χ0n) is 16.4. The number of allylic oxidation sites excluding steroid dienone is 1. The smallest absolute Gasteiger partial charge is 0.139 e. The summed E-state index contributed by atoms with van der Waals surface area (Å²) in [6, 6.07) is 11.3. The first-order valence-corrected chi connectivity index (χ1v) is 10.8. The average molecular weight is 491 g/mol. The number of anilines is 1. The number of aromatic hydroxyl groups is 1. The summed E-state index contributed by atoms with van der Waals surface area (Å²) < 4.78 is 6.21. The van der Waals surface area contributed by atoms with E-state index >= 15 is 0 Å². The molecule has 0 fully saturated rings. The van der Waals surface area contributed by atoms with Crippen LogP contribution in [0.4, 0.5) is 5.69 Å². The Hall–Kier alpha value is -1.99. The molecule has 1 aliphatic heterocycles. The number of hydrogen-bond donors (Lipinski definition) is 2. The summed E-state index contributed by atoms with van der Waals surface area (Å²) in [6.07, 6.45) is 3.71. The van der Waals surface area contributed by atoms with Crippen molar-refractivity contribution in [2.75, 3.05) is 9.51 Å². The van der Waals surface area contributed by atoms with Crippen LogP contribution < -0.4 is 9.64 Å². The van der Waals surface area contributed by atoms with E-state index in [2.05, 4.69) is 62.1 Å². The highest BCUT2D eigenvalue weighted by molar-refractivity contribution is 14.1. The minimum Gasteiger partial charge on any atom is -0.507 e. The van der Waals surface area contributed by atoms with E-state index in [1.807, 2.05) is 23.1 Å². The normalized spacial score (nSPS) is 16.2. The Morgan fingerprint density at radius 3 is 2.71 bits per heavy atom. The molecule has 1 heterocycles. The van der Waals surface area contributed by atoms with Crippen LogP contribution in [-0.2, 0) is 0 Å². The van der Waals surface area contributed by atoms with E-state index < -0.39 is 6.23 Å². The fraction of sp³-hybridized carbons (Fsp3) is 0.304. The molecule has 1 atom stereocenters. The van der Waals surface area contributed by atoms with Crippen LogP contribution >= 0.6 is 22.6 Å². The summed E-state index contributed by atoms with van der Waals surface area (Å²) in [5.74, 6) is 0.833. The number of fused-ring (bicyclic) bond motifs is 1. The summed E-state index contributed by atoms with van der Waals surface area (Å²) in [7, 11) is 0. The number of rotatable bonds is 6. The molecule has 0 aromatic heterocycles. The van der Waals surface area contributed by atoms with Crippen LogP contribution in [0.15, 0.2) is 55.1 Å². The van der Waals surface area contributed by atoms with Crippen LogP contribution in [0.1, 0.15) is 32.8 Å². The molecule has 0 saturated heterocycles. The number of ether oxygens (including phenoxy) is 1. The van der Waals surface area contributed by atoms with Crippen LogP contribution in [0.2, 0.25) is 0 Å². The van der Waals surface area contributed by atoms with Crippen LogP contribution in [0, 0.1) is 0 Å². The van der Waals surface area contributed by atoms with Crippen molar-refractivity contribution in [1.29, 1.82) is 0 Å². The highest BCUT2D eigenvalue weighted by Crippen LogP contribution is 2.45. The predicted molar refractivity (Wildman–Crippen MR) is 124 cm³/mol. The van der Waals surface area contributed by atoms with Gasteiger partial charge in [0.25, 0.3) is 0 Å². The second-order valence-corrected chi connectivity index (χ2v) is 8.11. The summed E-state index contributed by atoms with van der Waals surface area (Å²) in [5.41, 5.74) is 4.36. The van der Waals surface area contributed by atoms with E-state index in [9.17, 15) is 10.2 Å². The molecule has 5 heteroatoms. The van der Waals surface area contributed by atoms with Gasteiger partial charge in [0, 0.05) is 17.7 Å². The average Bonchev–Trinajstić information content (AvgIpc) is 2.62. The molecule has 4 nitrogen and oxygen atoms in total. The lowest BCUT2D eigenvalue weighted by Gasteiger charge is -2.46. The van der Waals surface area contributed by atoms with Gasteiger partial charge in [-0.3, -0.25) is 0 Å². The van der Waals surface area contributed by atoms with Gasteiger partial charge < -0.3 is 19.8 Å². The number of alkyl halides is 1. The number of nitrogens with zero attached hydrogens (tertiary/aromatic N) is 1. The highest BCUT2D eigenvalue weighted by Gasteiger charge is 2.35. The van der Waals surface area contributed by atoms with Gasteiger partial charge in [0.05, 0.1) is 11.1 Å². The van der Waals surface area contributed by atoms with E-state index in [0.717, 1.165) is 22.4 Å². The van der Waals surface area contributed by atoms with Gasteiger partial charge in [0.15, 0.2) is 0 Å². The number of aliphatic hydroxyl groups is 1. The van der Waals surface area contributed by atoms with E-state index in [1.165, 1.54) is 0 Å². The van der Waals surface area contributed by atoms with Crippen molar-refractivity contribution >= 4 is 33.9 Å². The molecule has 148 valence electrons. The topological polar surface area (TPSA) is 52.9 Å². The number of phenolic OH excluding ortho intramolecular Hbond substituents is 1. The third-order valence-electron chi connectivity index (χ3n) is 5.05. The van der Waals surface area contributed by atoms with Crippen LogP contribution in [0.25, 0.3) is 16.7 Å². The first kappa shape index (κ1) is 20.7. The third-order valence-corrected chi connectivity index (χ3v) is 5.36. The van der Waals surface area contributed by atoms with Gasteiger partial charge >= 0.3 is 0 Å². The maximum atomic E-state index is 10.8. The van der Waals surface area contributed by atoms with Gasteiger partial charge in [-0.2, -0.15) is 0 Å². The maximum absolute atomic E-state index is 10.8. The van der Waals surface area contributed by atoms with E-state index in [-0.39, 0.29) is 11.3 Å². The van der Waals surface area contributed by atoms with Gasteiger partial charge in [-0.1, -0.05) is 24.3 Å². The van der Waals surface area contributed by atoms with Gasteiger partial charge in [0.2, 0.25) is 0 Å². The number of benzene rings is 2. The van der Waals surface area contributed by atoms with Crippen molar-refractivity contribution in [1.82, 2.24) is 0 Å². The van der Waals surface area contributed by atoms with E-state index in [0.29, 0.717) is 22.3 Å². The van der Waals surface area contributed by atoms with Crippen molar-refractivity contribution in [3.63, 3.8) is 0 Å². The summed E-state index contributed by atoms with van der Waals surface area (Å²) >= 11 is 2.14. The van der Waals surface area contributed by atoms with E-state index in [1.54, 1.807) is 18.2 Å². The van der Waals surface area contributed by atoms with Gasteiger partial charge in [-0.25, -0.2) is 0 Å². The molecule has 0 aliphatic carbocycles. The fourth-order valence-corrected chi connectivity index (χ4v) is 4.33. The molecule has 1 aliphatic rings. The largest absolute Gasteiger partial charge is 0.507 e. The first-order valence-electron chi connectivity index (χ1n) is 9.23. The number of aliphatic hydroxyl groups excluding tert-OH is 1. The molecule has 2 aromatic rings. The molecule has 0 saturated carbocycles. The van der Waals surface area contributed by atoms with Crippen molar-refractivity contribution in [3.05, 3.63) is 60.7 Å². The summed E-state index contributed by atoms with van der Waals surface area (Å²) in [6.45, 7) is 10.0. The minimum atomic E-state index is -0.663. The van der Waals surface area contributed by atoms with Crippen LogP contribution in [0.5, 0.6) is 11.5 Å². The Bertz CT molecular complexity index is 920. The lowest BCUT2D eigenvalue weighted by Crippen LogP contribution is -2.51. The van der Waals surface area contributed by atoms with Crippen molar-refractivity contribution < 1.29 is 14.9 Å². The predicted octanol–water partition coefficient (Wildman–Crippen LogP) is 5.73. The van der Waals surface area contributed by atoms with Gasteiger partial charge in [-0.15, -0.1) is 6.58 Å². The highest BCUT2D eigenvalue weighted by atomic mass is 127. The second kappa shape index (κ2) is 8.17. The fourth-order valence-electron chi connectivity index (χ4n) is 3.99. The quantitative estimate of drug-likeness (QED) is 0.308. The molecule has 0 radical (unpaired) electrons. The number of phenols is 1. The molecule has 28 heavy (non-hydrogen) atoms. The van der Waals surface area contributed by atoms with Crippen molar-refractivity contribution in [2.45, 2.75) is 39.0 Å². The molecule has 2 N–H and O–H groups in total. The monoisotopic (exact) mass is 491 g/mol. The lowest BCUT2D eigenvalue weighted by molar-refractivity contribution is 0.153. The van der Waals surface area contributed by atoms with Gasteiger partial charge in [0.1, 0.15) is 22.3 Å².